The Bertz CT molecular complexity index is 306. The zero-order valence-corrected chi connectivity index (χ0v) is 7.86. The Labute approximate surface area is 77.7 Å². The van der Waals surface area contributed by atoms with Crippen LogP contribution in [0.1, 0.15) is 37.3 Å². The van der Waals surface area contributed by atoms with Crippen LogP contribution in [0.15, 0.2) is 12.4 Å². The van der Waals surface area contributed by atoms with Gasteiger partial charge in [0.25, 0.3) is 0 Å². The highest BCUT2D eigenvalue weighted by atomic mass is 16.1. The predicted molar refractivity (Wildman–Crippen MR) is 49.5 cm³/mol. The fourth-order valence-electron chi connectivity index (χ4n) is 1.82. The Hall–Kier alpha value is -1.12. The minimum absolute atomic E-state index is 0.403. The molecule has 2 rings (SSSR count). The zero-order chi connectivity index (χ0) is 9.26. The summed E-state index contributed by atoms with van der Waals surface area (Å²) in [6, 6.07) is 0.450. The van der Waals surface area contributed by atoms with Crippen LogP contribution in [0, 0.1) is 6.92 Å². The summed E-state index contributed by atoms with van der Waals surface area (Å²) >= 11 is 0. The van der Waals surface area contributed by atoms with Gasteiger partial charge in [-0.2, -0.15) is 5.10 Å². The van der Waals surface area contributed by atoms with Crippen molar-refractivity contribution in [1.82, 2.24) is 9.78 Å². The first-order valence-corrected chi connectivity index (χ1v) is 4.78. The van der Waals surface area contributed by atoms with Crippen LogP contribution in [-0.2, 0) is 4.79 Å². The average molecular weight is 178 g/mol. The third-order valence-electron chi connectivity index (χ3n) is 2.62. The summed E-state index contributed by atoms with van der Waals surface area (Å²) in [6.07, 6.45) is 7.30. The molecule has 0 aliphatic heterocycles. The molecule has 1 aromatic rings. The van der Waals surface area contributed by atoms with Gasteiger partial charge in [-0.1, -0.05) is 0 Å². The third-order valence-corrected chi connectivity index (χ3v) is 2.62. The summed E-state index contributed by atoms with van der Waals surface area (Å²) in [5, 5.41) is 4.27. The Balaban J connectivity index is 2.06. The summed E-state index contributed by atoms with van der Waals surface area (Å²) in [6.45, 7) is 2.04. The van der Waals surface area contributed by atoms with Gasteiger partial charge in [0, 0.05) is 19.0 Å². The third kappa shape index (κ3) is 1.79. The first-order valence-electron chi connectivity index (χ1n) is 4.78. The van der Waals surface area contributed by atoms with Crippen molar-refractivity contribution in [2.75, 3.05) is 0 Å². The number of nitrogens with zero attached hydrogens (tertiary/aromatic N) is 2. The van der Waals surface area contributed by atoms with Crippen molar-refractivity contribution in [3.63, 3.8) is 0 Å². The smallest absolute Gasteiger partial charge is 0.133 e. The Morgan fingerprint density at radius 2 is 2.15 bits per heavy atom. The topological polar surface area (TPSA) is 34.9 Å². The van der Waals surface area contributed by atoms with Crippen LogP contribution < -0.4 is 0 Å². The van der Waals surface area contributed by atoms with E-state index in [4.69, 9.17) is 0 Å². The Kier molecular flexibility index (Phi) is 2.17. The van der Waals surface area contributed by atoms with Crippen molar-refractivity contribution in [2.45, 2.75) is 38.6 Å². The molecule has 0 radical (unpaired) electrons. The van der Waals surface area contributed by atoms with Crippen LogP contribution in [0.25, 0.3) is 0 Å². The number of aromatic nitrogens is 2. The van der Waals surface area contributed by atoms with E-state index in [2.05, 4.69) is 11.3 Å². The number of hydrogen-bond donors (Lipinski definition) is 0. The molecule has 0 aromatic carbocycles. The molecule has 1 heterocycles. The van der Waals surface area contributed by atoms with Crippen LogP contribution in [0.2, 0.25) is 0 Å². The summed E-state index contributed by atoms with van der Waals surface area (Å²) in [7, 11) is 0. The maximum Gasteiger partial charge on any atom is 0.133 e. The lowest BCUT2D eigenvalue weighted by molar-refractivity contribution is -0.120. The van der Waals surface area contributed by atoms with E-state index in [1.165, 1.54) is 5.56 Å². The second kappa shape index (κ2) is 3.32. The molecular formula is C10H14N2O. The fourth-order valence-corrected chi connectivity index (χ4v) is 1.82. The first kappa shape index (κ1) is 8.48. The minimum Gasteiger partial charge on any atom is -0.300 e. The van der Waals surface area contributed by atoms with Gasteiger partial charge in [0.2, 0.25) is 0 Å². The molecule has 1 fully saturated rings. The van der Waals surface area contributed by atoms with E-state index in [0.717, 1.165) is 25.7 Å². The van der Waals surface area contributed by atoms with Crippen molar-refractivity contribution in [1.29, 1.82) is 0 Å². The van der Waals surface area contributed by atoms with E-state index < -0.39 is 0 Å². The van der Waals surface area contributed by atoms with E-state index >= 15 is 0 Å². The Morgan fingerprint density at radius 3 is 2.69 bits per heavy atom. The van der Waals surface area contributed by atoms with Crippen LogP contribution >= 0.6 is 0 Å². The molecule has 0 bridgehead atoms. The van der Waals surface area contributed by atoms with Crippen molar-refractivity contribution < 1.29 is 4.79 Å². The molecule has 13 heavy (non-hydrogen) atoms. The van der Waals surface area contributed by atoms with Crippen LogP contribution in [0.4, 0.5) is 0 Å². The van der Waals surface area contributed by atoms with Crippen molar-refractivity contribution in [2.24, 2.45) is 0 Å². The summed E-state index contributed by atoms with van der Waals surface area (Å²) in [5.74, 6) is 0.403. The Morgan fingerprint density at radius 1 is 1.46 bits per heavy atom. The highest BCUT2D eigenvalue weighted by Crippen LogP contribution is 2.25. The van der Waals surface area contributed by atoms with Crippen molar-refractivity contribution in [3.05, 3.63) is 18.0 Å². The lowest BCUT2D eigenvalue weighted by Crippen LogP contribution is -2.18. The lowest BCUT2D eigenvalue weighted by atomic mass is 9.95. The number of Topliss-reactive ketones (excluding diaryl/α,β-unsaturated/α-hetero) is 1. The van der Waals surface area contributed by atoms with Gasteiger partial charge in [0.15, 0.2) is 0 Å². The number of hydrogen-bond acceptors (Lipinski definition) is 2. The quantitative estimate of drug-likeness (QED) is 0.658. The highest BCUT2D eigenvalue weighted by Gasteiger charge is 2.20. The summed E-state index contributed by atoms with van der Waals surface area (Å²) in [5.41, 5.74) is 1.19. The molecule has 0 atom stereocenters. The van der Waals surface area contributed by atoms with Gasteiger partial charge in [0.1, 0.15) is 5.78 Å². The molecule has 1 aliphatic carbocycles. The first-order chi connectivity index (χ1) is 6.25. The molecule has 3 nitrogen and oxygen atoms in total. The van der Waals surface area contributed by atoms with Crippen molar-refractivity contribution >= 4 is 5.78 Å². The number of carbonyl (C=O) groups is 1. The fraction of sp³-hybridized carbons (Fsp3) is 0.600. The van der Waals surface area contributed by atoms with Gasteiger partial charge in [-0.05, 0) is 25.3 Å². The molecule has 0 amide bonds. The maximum absolute atomic E-state index is 11.0. The number of carbonyl (C=O) groups excluding carboxylic acids is 1. The van der Waals surface area contributed by atoms with Crippen LogP contribution in [0.3, 0.4) is 0 Å². The standard InChI is InChI=1S/C10H14N2O/c1-8-6-11-12(7-8)9-2-4-10(13)5-3-9/h6-7,9H,2-5H2,1H3. The summed E-state index contributed by atoms with van der Waals surface area (Å²) in [4.78, 5) is 11.0. The van der Waals surface area contributed by atoms with E-state index in [9.17, 15) is 4.79 Å². The van der Waals surface area contributed by atoms with Gasteiger partial charge >= 0.3 is 0 Å². The van der Waals surface area contributed by atoms with E-state index in [1.807, 2.05) is 17.8 Å². The maximum atomic E-state index is 11.0. The van der Waals surface area contributed by atoms with Crippen LogP contribution in [0.5, 0.6) is 0 Å². The molecule has 0 spiro atoms. The number of ketones is 1. The molecule has 1 aromatic heterocycles. The summed E-state index contributed by atoms with van der Waals surface area (Å²) < 4.78 is 2.00. The minimum atomic E-state index is 0.403. The lowest BCUT2D eigenvalue weighted by Gasteiger charge is -2.20. The molecule has 0 unspecified atom stereocenters. The van der Waals surface area contributed by atoms with Gasteiger partial charge < -0.3 is 0 Å². The molecule has 0 N–H and O–H groups in total. The largest absolute Gasteiger partial charge is 0.300 e. The number of rotatable bonds is 1. The average Bonchev–Trinajstić information content (AvgIpc) is 2.53. The van der Waals surface area contributed by atoms with Gasteiger partial charge in [-0.15, -0.1) is 0 Å². The SMILES string of the molecule is Cc1cnn(C2CCC(=O)CC2)c1. The van der Waals surface area contributed by atoms with Crippen molar-refractivity contribution in [3.8, 4) is 0 Å². The molecule has 1 aliphatic rings. The molecule has 3 heteroatoms. The number of aryl methyl sites for hydroxylation is 1. The van der Waals surface area contributed by atoms with Gasteiger partial charge in [-0.25, -0.2) is 0 Å². The molecule has 0 saturated heterocycles. The second-order valence-corrected chi connectivity index (χ2v) is 3.77. The molecular weight excluding hydrogens is 164 g/mol. The van der Waals surface area contributed by atoms with E-state index in [1.54, 1.807) is 0 Å². The predicted octanol–water partition coefficient (Wildman–Crippen LogP) is 1.88. The monoisotopic (exact) mass is 178 g/mol. The highest BCUT2D eigenvalue weighted by molar-refractivity contribution is 5.79. The second-order valence-electron chi connectivity index (χ2n) is 3.77. The van der Waals surface area contributed by atoms with E-state index in [-0.39, 0.29) is 0 Å². The van der Waals surface area contributed by atoms with Gasteiger partial charge in [-0.3, -0.25) is 9.48 Å². The van der Waals surface area contributed by atoms with Gasteiger partial charge in [0.05, 0.1) is 12.2 Å². The van der Waals surface area contributed by atoms with E-state index in [0.29, 0.717) is 11.8 Å². The zero-order valence-electron chi connectivity index (χ0n) is 7.86. The normalized spacial score (nSPS) is 19.3. The molecule has 1 saturated carbocycles. The molecule has 70 valence electrons. The van der Waals surface area contributed by atoms with Crippen LogP contribution in [-0.4, -0.2) is 15.6 Å².